The van der Waals surface area contributed by atoms with Gasteiger partial charge in [-0.05, 0) is 49.4 Å². The van der Waals surface area contributed by atoms with Crippen molar-refractivity contribution in [1.29, 1.82) is 0 Å². The number of fused-ring (bicyclic) bond motifs is 1. The first-order chi connectivity index (χ1) is 9.78. The normalized spacial score (nSPS) is 28.5. The van der Waals surface area contributed by atoms with Crippen LogP contribution in [0, 0.1) is 5.92 Å². The van der Waals surface area contributed by atoms with Crippen LogP contribution in [-0.2, 0) is 11.2 Å². The van der Waals surface area contributed by atoms with Crippen LogP contribution in [0.5, 0.6) is 5.75 Å². The van der Waals surface area contributed by atoms with E-state index >= 15 is 0 Å². The van der Waals surface area contributed by atoms with Crippen LogP contribution in [0.2, 0.25) is 0 Å². The Morgan fingerprint density at radius 1 is 1.40 bits per heavy atom. The van der Waals surface area contributed by atoms with E-state index in [2.05, 4.69) is 6.07 Å². The molecule has 0 spiro atoms. The zero-order valence-corrected chi connectivity index (χ0v) is 11.9. The highest BCUT2D eigenvalue weighted by atomic mass is 16.5. The van der Waals surface area contributed by atoms with E-state index in [1.54, 1.807) is 7.11 Å². The van der Waals surface area contributed by atoms with Gasteiger partial charge in [-0.25, -0.2) is 4.99 Å². The monoisotopic (exact) mass is 274 g/mol. The van der Waals surface area contributed by atoms with Crippen molar-refractivity contribution in [2.75, 3.05) is 13.7 Å². The summed E-state index contributed by atoms with van der Waals surface area (Å²) in [5.41, 5.74) is 6.95. The van der Waals surface area contributed by atoms with Crippen molar-refractivity contribution >= 4 is 5.90 Å². The molecular weight excluding hydrogens is 252 g/mol. The Bertz CT molecular complexity index is 501. The Balaban J connectivity index is 1.64. The maximum Gasteiger partial charge on any atom is 0.188 e. The standard InChI is InChI=1S/C16H22N2O2/c1-19-13-4-2-3-11(7-13)9-16-18-14-6-5-12(10-17)8-15(14)20-16/h2-4,7,12,14-15H,5-6,8-10,17H2,1H3. The number of rotatable bonds is 4. The summed E-state index contributed by atoms with van der Waals surface area (Å²) >= 11 is 0. The van der Waals surface area contributed by atoms with Crippen molar-refractivity contribution in [3.8, 4) is 5.75 Å². The lowest BCUT2D eigenvalue weighted by Gasteiger charge is -2.28. The van der Waals surface area contributed by atoms with Gasteiger partial charge in [0.2, 0.25) is 0 Å². The molecule has 1 fully saturated rings. The largest absolute Gasteiger partial charge is 0.497 e. The Kier molecular flexibility index (Phi) is 3.92. The van der Waals surface area contributed by atoms with Gasteiger partial charge < -0.3 is 15.2 Å². The molecule has 0 amide bonds. The van der Waals surface area contributed by atoms with E-state index in [1.165, 1.54) is 12.0 Å². The predicted molar refractivity (Wildman–Crippen MR) is 79.2 cm³/mol. The number of ether oxygens (including phenoxy) is 2. The Morgan fingerprint density at radius 3 is 3.10 bits per heavy atom. The van der Waals surface area contributed by atoms with Crippen LogP contribution in [-0.4, -0.2) is 31.7 Å². The van der Waals surface area contributed by atoms with Gasteiger partial charge in [0.1, 0.15) is 11.9 Å². The molecule has 0 aromatic heterocycles. The van der Waals surface area contributed by atoms with Crippen LogP contribution < -0.4 is 10.5 Å². The molecule has 4 nitrogen and oxygen atoms in total. The second-order valence-corrected chi connectivity index (χ2v) is 5.69. The molecule has 1 aromatic carbocycles. The summed E-state index contributed by atoms with van der Waals surface area (Å²) in [6.07, 6.45) is 4.33. The number of nitrogens with zero attached hydrogens (tertiary/aromatic N) is 1. The van der Waals surface area contributed by atoms with Gasteiger partial charge in [0, 0.05) is 6.42 Å². The van der Waals surface area contributed by atoms with Gasteiger partial charge in [-0.3, -0.25) is 0 Å². The predicted octanol–water partition coefficient (Wildman–Crippen LogP) is 2.16. The first-order valence-corrected chi connectivity index (χ1v) is 7.35. The van der Waals surface area contributed by atoms with Crippen molar-refractivity contribution in [2.45, 2.75) is 37.8 Å². The van der Waals surface area contributed by atoms with Crippen LogP contribution in [0.15, 0.2) is 29.3 Å². The van der Waals surface area contributed by atoms with Crippen molar-refractivity contribution in [2.24, 2.45) is 16.6 Å². The molecule has 3 rings (SSSR count). The van der Waals surface area contributed by atoms with E-state index < -0.39 is 0 Å². The second kappa shape index (κ2) is 5.83. The van der Waals surface area contributed by atoms with Gasteiger partial charge in [0.15, 0.2) is 5.90 Å². The fraction of sp³-hybridized carbons (Fsp3) is 0.562. The van der Waals surface area contributed by atoms with Gasteiger partial charge in [0.25, 0.3) is 0 Å². The number of nitrogens with two attached hydrogens (primary N) is 1. The number of methoxy groups -OCH3 is 1. The minimum absolute atomic E-state index is 0.248. The summed E-state index contributed by atoms with van der Waals surface area (Å²) in [6.45, 7) is 0.762. The maximum absolute atomic E-state index is 6.03. The van der Waals surface area contributed by atoms with Gasteiger partial charge in [-0.15, -0.1) is 0 Å². The number of hydrogen-bond donors (Lipinski definition) is 1. The van der Waals surface area contributed by atoms with E-state index in [-0.39, 0.29) is 6.10 Å². The molecule has 0 bridgehead atoms. The number of aliphatic imine (C=N–C) groups is 1. The average molecular weight is 274 g/mol. The molecule has 2 aliphatic rings. The van der Waals surface area contributed by atoms with Gasteiger partial charge in [-0.1, -0.05) is 12.1 Å². The third kappa shape index (κ3) is 2.80. The summed E-state index contributed by atoms with van der Waals surface area (Å²) in [4.78, 5) is 4.74. The molecule has 20 heavy (non-hydrogen) atoms. The zero-order valence-electron chi connectivity index (χ0n) is 11.9. The van der Waals surface area contributed by atoms with Crippen molar-refractivity contribution in [3.05, 3.63) is 29.8 Å². The minimum Gasteiger partial charge on any atom is -0.497 e. The number of hydrogen-bond acceptors (Lipinski definition) is 4. The molecule has 108 valence electrons. The fourth-order valence-corrected chi connectivity index (χ4v) is 3.12. The molecule has 1 aliphatic carbocycles. The molecule has 0 radical (unpaired) electrons. The highest BCUT2D eigenvalue weighted by Crippen LogP contribution is 2.32. The lowest BCUT2D eigenvalue weighted by atomic mass is 9.84. The Labute approximate surface area is 120 Å². The van der Waals surface area contributed by atoms with Crippen molar-refractivity contribution in [3.63, 3.8) is 0 Å². The van der Waals surface area contributed by atoms with E-state index in [9.17, 15) is 0 Å². The third-order valence-corrected chi connectivity index (χ3v) is 4.29. The second-order valence-electron chi connectivity index (χ2n) is 5.69. The van der Waals surface area contributed by atoms with E-state index in [1.807, 2.05) is 18.2 Å². The fourth-order valence-electron chi connectivity index (χ4n) is 3.12. The molecular formula is C16H22N2O2. The summed E-state index contributed by atoms with van der Waals surface area (Å²) in [6, 6.07) is 8.42. The molecule has 3 unspecified atom stereocenters. The lowest BCUT2D eigenvalue weighted by molar-refractivity contribution is 0.121. The van der Waals surface area contributed by atoms with Crippen LogP contribution in [0.3, 0.4) is 0 Å². The average Bonchev–Trinajstić information content (AvgIpc) is 2.88. The molecule has 4 heteroatoms. The van der Waals surface area contributed by atoms with Crippen molar-refractivity contribution < 1.29 is 9.47 Å². The van der Waals surface area contributed by atoms with Crippen LogP contribution in [0.1, 0.15) is 24.8 Å². The topological polar surface area (TPSA) is 56.8 Å². The van der Waals surface area contributed by atoms with Gasteiger partial charge >= 0.3 is 0 Å². The summed E-state index contributed by atoms with van der Waals surface area (Å²) in [5.74, 6) is 2.34. The van der Waals surface area contributed by atoms with E-state index in [4.69, 9.17) is 20.2 Å². The van der Waals surface area contributed by atoms with Gasteiger partial charge in [-0.2, -0.15) is 0 Å². The highest BCUT2D eigenvalue weighted by molar-refractivity contribution is 5.80. The summed E-state index contributed by atoms with van der Waals surface area (Å²) in [7, 11) is 1.68. The number of benzene rings is 1. The highest BCUT2D eigenvalue weighted by Gasteiger charge is 2.36. The summed E-state index contributed by atoms with van der Waals surface area (Å²) in [5, 5.41) is 0. The molecule has 1 saturated carbocycles. The molecule has 1 aliphatic heterocycles. The van der Waals surface area contributed by atoms with E-state index in [0.717, 1.165) is 37.5 Å². The Morgan fingerprint density at radius 2 is 2.30 bits per heavy atom. The van der Waals surface area contributed by atoms with Crippen LogP contribution in [0.4, 0.5) is 0 Å². The maximum atomic E-state index is 6.03. The molecule has 2 N–H and O–H groups in total. The van der Waals surface area contributed by atoms with Crippen molar-refractivity contribution in [1.82, 2.24) is 0 Å². The quantitative estimate of drug-likeness (QED) is 0.915. The third-order valence-electron chi connectivity index (χ3n) is 4.29. The molecule has 0 saturated heterocycles. The summed E-state index contributed by atoms with van der Waals surface area (Å²) < 4.78 is 11.3. The first-order valence-electron chi connectivity index (χ1n) is 7.35. The molecule has 3 atom stereocenters. The molecule has 1 aromatic rings. The minimum atomic E-state index is 0.248. The lowest BCUT2D eigenvalue weighted by Crippen LogP contribution is -2.34. The van der Waals surface area contributed by atoms with E-state index in [0.29, 0.717) is 12.0 Å². The van der Waals surface area contributed by atoms with Crippen LogP contribution in [0.25, 0.3) is 0 Å². The molecule has 1 heterocycles. The SMILES string of the molecule is COc1cccc(CC2=NC3CCC(CN)CC3O2)c1. The first kappa shape index (κ1) is 13.4. The zero-order chi connectivity index (χ0) is 13.9. The van der Waals surface area contributed by atoms with Gasteiger partial charge in [0.05, 0.1) is 13.2 Å². The Hall–Kier alpha value is -1.55. The van der Waals surface area contributed by atoms with Crippen LogP contribution >= 0.6 is 0 Å². The smallest absolute Gasteiger partial charge is 0.188 e.